The summed E-state index contributed by atoms with van der Waals surface area (Å²) >= 11 is 0. The number of carbonyl (C=O) groups excluding carboxylic acids is 1. The van der Waals surface area contributed by atoms with Gasteiger partial charge in [0.15, 0.2) is 0 Å². The Morgan fingerprint density at radius 1 is 1.06 bits per heavy atom. The Morgan fingerprint density at radius 3 is 2.35 bits per heavy atom. The monoisotopic (exact) mass is 468 g/mol. The summed E-state index contributed by atoms with van der Waals surface area (Å²) in [5, 5.41) is 0. The summed E-state index contributed by atoms with van der Waals surface area (Å²) < 4.78 is 18.8. The van der Waals surface area contributed by atoms with Crippen LogP contribution in [-0.4, -0.2) is 47.1 Å². The number of benzene rings is 1. The summed E-state index contributed by atoms with van der Waals surface area (Å²) in [5.41, 5.74) is 0.601. The van der Waals surface area contributed by atoms with Gasteiger partial charge in [-0.05, 0) is 65.0 Å². The molecule has 2 heterocycles. The topological polar surface area (TPSA) is 60.4 Å². The molecule has 186 valence electrons. The molecule has 0 N–H and O–H groups in total. The fraction of sp³-hybridized carbons (Fsp3) is 0.704. The third kappa shape index (κ3) is 4.66. The number of carbonyl (C=O) groups is 1. The summed E-state index contributed by atoms with van der Waals surface area (Å²) in [5.74, 6) is 1.91. The largest absolute Gasteiger partial charge is 0.498 e. The van der Waals surface area contributed by atoms with Gasteiger partial charge in [-0.15, -0.1) is 0 Å². The van der Waals surface area contributed by atoms with Gasteiger partial charge < -0.3 is 14.0 Å². The number of ether oxygens (including phenoxy) is 1. The summed E-state index contributed by atoms with van der Waals surface area (Å²) in [7, 11) is -0.484. The van der Waals surface area contributed by atoms with Crippen molar-refractivity contribution in [2.45, 2.75) is 116 Å². The van der Waals surface area contributed by atoms with Gasteiger partial charge in [0.25, 0.3) is 5.91 Å². The molecule has 7 heteroatoms. The maximum Gasteiger partial charge on any atom is 0.498 e. The van der Waals surface area contributed by atoms with E-state index in [0.717, 1.165) is 74.0 Å². The molecule has 1 saturated carbocycles. The molecule has 1 aromatic carbocycles. The van der Waals surface area contributed by atoms with Crippen molar-refractivity contribution in [3.63, 3.8) is 0 Å². The van der Waals surface area contributed by atoms with Crippen molar-refractivity contribution >= 4 is 24.3 Å². The normalized spacial score (nSPS) is 22.6. The lowest BCUT2D eigenvalue weighted by Crippen LogP contribution is -2.41. The third-order valence-electron chi connectivity index (χ3n) is 7.87. The average Bonchev–Trinajstić information content (AvgIpc) is 3.42. The Balaban J connectivity index is 1.59. The molecule has 1 saturated heterocycles. The van der Waals surface area contributed by atoms with E-state index >= 15 is 0 Å². The zero-order chi connectivity index (χ0) is 24.6. The highest BCUT2D eigenvalue weighted by molar-refractivity contribution is 6.63. The first-order valence-corrected chi connectivity index (χ1v) is 13.1. The molecule has 1 aromatic rings. The average molecular weight is 468 g/mol. The molecule has 0 radical (unpaired) electrons. The number of aliphatic imine (C=N–C) groups is 1. The number of hydrogen-bond acceptors (Lipinski definition) is 5. The summed E-state index contributed by atoms with van der Waals surface area (Å²) in [6.07, 6.45) is 7.83. The van der Waals surface area contributed by atoms with Gasteiger partial charge in [0.1, 0.15) is 17.1 Å². The number of rotatable bonds is 9. The van der Waals surface area contributed by atoms with Gasteiger partial charge in [-0.2, -0.15) is 0 Å². The summed E-state index contributed by atoms with van der Waals surface area (Å²) in [6.45, 7) is 13.6. The maximum atomic E-state index is 13.5. The molecular weight excluding hydrogens is 427 g/mol. The lowest BCUT2D eigenvalue weighted by Gasteiger charge is -2.32. The van der Waals surface area contributed by atoms with Crippen molar-refractivity contribution in [3.05, 3.63) is 23.8 Å². The van der Waals surface area contributed by atoms with E-state index in [0.29, 0.717) is 13.2 Å². The molecule has 1 amide bonds. The van der Waals surface area contributed by atoms with E-state index in [1.54, 1.807) is 0 Å². The lowest BCUT2D eigenvalue weighted by molar-refractivity contribution is -0.131. The van der Waals surface area contributed by atoms with Gasteiger partial charge in [0, 0.05) is 11.9 Å². The fourth-order valence-corrected chi connectivity index (χ4v) is 5.06. The standard InChI is InChI=1S/C27H41BN2O4/c1-7-9-12-23-29-27(15-10-11-16-27)24(31)30(23)19-20-13-14-21(22(18-20)32-17-8-2)28-33-25(3,4)26(5,6)34-28/h13-14,18H,7-12,15-17,19H2,1-6H3. The third-order valence-corrected chi connectivity index (χ3v) is 7.87. The molecular formula is C27H41BN2O4. The first-order chi connectivity index (χ1) is 16.1. The van der Waals surface area contributed by atoms with E-state index in [-0.39, 0.29) is 5.91 Å². The van der Waals surface area contributed by atoms with E-state index in [2.05, 4.69) is 53.7 Å². The van der Waals surface area contributed by atoms with Gasteiger partial charge in [-0.25, -0.2) is 0 Å². The molecule has 1 spiro atoms. The fourth-order valence-electron chi connectivity index (χ4n) is 5.06. The zero-order valence-corrected chi connectivity index (χ0v) is 21.9. The SMILES string of the molecule is CCCCC1=NC2(CCCC2)C(=O)N1Cc1ccc(B2OC(C)(C)C(C)(C)O2)c(OCCC)c1. The van der Waals surface area contributed by atoms with Gasteiger partial charge >= 0.3 is 7.12 Å². The Hall–Kier alpha value is -1.86. The number of unbranched alkanes of at least 4 members (excludes halogenated alkanes) is 1. The van der Waals surface area contributed by atoms with Crippen LogP contribution in [0.4, 0.5) is 0 Å². The van der Waals surface area contributed by atoms with E-state index in [1.807, 2.05) is 11.0 Å². The lowest BCUT2D eigenvalue weighted by atomic mass is 9.78. The van der Waals surface area contributed by atoms with Crippen molar-refractivity contribution in [3.8, 4) is 5.75 Å². The number of nitrogens with zero attached hydrogens (tertiary/aromatic N) is 2. The molecule has 0 atom stereocenters. The predicted octanol–water partition coefficient (Wildman–Crippen LogP) is 5.02. The minimum atomic E-state index is -0.507. The quantitative estimate of drug-likeness (QED) is 0.478. The van der Waals surface area contributed by atoms with Crippen LogP contribution in [-0.2, 0) is 20.6 Å². The van der Waals surface area contributed by atoms with E-state index in [4.69, 9.17) is 19.0 Å². The molecule has 0 unspecified atom stereocenters. The van der Waals surface area contributed by atoms with Gasteiger partial charge in [-0.1, -0.05) is 45.2 Å². The second-order valence-corrected chi connectivity index (χ2v) is 11.1. The number of amidine groups is 1. The van der Waals surface area contributed by atoms with Crippen molar-refractivity contribution < 1.29 is 18.8 Å². The molecule has 1 aliphatic carbocycles. The van der Waals surface area contributed by atoms with Crippen LogP contribution in [0, 0.1) is 0 Å². The maximum absolute atomic E-state index is 13.5. The minimum Gasteiger partial charge on any atom is -0.494 e. The Labute approximate surface area is 205 Å². The first kappa shape index (κ1) is 25.2. The molecule has 34 heavy (non-hydrogen) atoms. The van der Waals surface area contributed by atoms with Crippen molar-refractivity contribution in [1.82, 2.24) is 4.90 Å². The summed E-state index contributed by atoms with van der Waals surface area (Å²) in [6, 6.07) is 6.17. The van der Waals surface area contributed by atoms with Gasteiger partial charge in [0.05, 0.1) is 24.4 Å². The molecule has 2 aliphatic heterocycles. The van der Waals surface area contributed by atoms with Gasteiger partial charge in [-0.3, -0.25) is 14.7 Å². The van der Waals surface area contributed by atoms with Crippen molar-refractivity contribution in [1.29, 1.82) is 0 Å². The predicted molar refractivity (Wildman–Crippen MR) is 137 cm³/mol. The summed E-state index contributed by atoms with van der Waals surface area (Å²) in [4.78, 5) is 20.5. The smallest absolute Gasteiger partial charge is 0.494 e. The van der Waals surface area contributed by atoms with Crippen LogP contribution in [0.3, 0.4) is 0 Å². The van der Waals surface area contributed by atoms with Crippen LogP contribution in [0.15, 0.2) is 23.2 Å². The molecule has 2 fully saturated rings. The second kappa shape index (κ2) is 9.65. The van der Waals surface area contributed by atoms with E-state index in [1.165, 1.54) is 0 Å². The highest BCUT2D eigenvalue weighted by Gasteiger charge is 2.53. The highest BCUT2D eigenvalue weighted by Crippen LogP contribution is 2.40. The van der Waals surface area contributed by atoms with Crippen LogP contribution in [0.25, 0.3) is 0 Å². The van der Waals surface area contributed by atoms with E-state index in [9.17, 15) is 4.79 Å². The Kier molecular flexibility index (Phi) is 7.17. The number of amides is 1. The van der Waals surface area contributed by atoms with Crippen LogP contribution in [0.2, 0.25) is 0 Å². The van der Waals surface area contributed by atoms with Crippen molar-refractivity contribution in [2.24, 2.45) is 4.99 Å². The van der Waals surface area contributed by atoms with Gasteiger partial charge in [0.2, 0.25) is 0 Å². The van der Waals surface area contributed by atoms with Crippen molar-refractivity contribution in [2.75, 3.05) is 6.61 Å². The molecule has 0 aromatic heterocycles. The van der Waals surface area contributed by atoms with Crippen LogP contribution in [0.1, 0.15) is 98.5 Å². The molecule has 3 aliphatic rings. The van der Waals surface area contributed by atoms with Crippen LogP contribution in [0.5, 0.6) is 5.75 Å². The molecule has 6 nitrogen and oxygen atoms in total. The van der Waals surface area contributed by atoms with Crippen LogP contribution < -0.4 is 10.2 Å². The minimum absolute atomic E-state index is 0.183. The number of hydrogen-bond donors (Lipinski definition) is 0. The Morgan fingerprint density at radius 2 is 1.74 bits per heavy atom. The first-order valence-electron chi connectivity index (χ1n) is 13.1. The molecule has 4 rings (SSSR count). The second-order valence-electron chi connectivity index (χ2n) is 11.1. The molecule has 0 bridgehead atoms. The highest BCUT2D eigenvalue weighted by atomic mass is 16.7. The zero-order valence-electron chi connectivity index (χ0n) is 21.9. The Bertz CT molecular complexity index is 921. The van der Waals surface area contributed by atoms with Crippen LogP contribution >= 0.6 is 0 Å². The van der Waals surface area contributed by atoms with E-state index < -0.39 is 23.9 Å².